The van der Waals surface area contributed by atoms with E-state index >= 15 is 0 Å². The van der Waals surface area contributed by atoms with Crippen molar-refractivity contribution in [3.05, 3.63) is 53.1 Å². The van der Waals surface area contributed by atoms with Crippen LogP contribution in [0.4, 0.5) is 0 Å². The Labute approximate surface area is 116 Å². The van der Waals surface area contributed by atoms with Gasteiger partial charge in [-0.05, 0) is 12.5 Å². The Morgan fingerprint density at radius 1 is 1.20 bits per heavy atom. The van der Waals surface area contributed by atoms with Crippen LogP contribution in [0.5, 0.6) is 17.2 Å². The molecule has 0 unspecified atom stereocenters. The van der Waals surface area contributed by atoms with E-state index < -0.39 is 6.10 Å². The van der Waals surface area contributed by atoms with Crippen LogP contribution >= 0.6 is 0 Å². The van der Waals surface area contributed by atoms with Gasteiger partial charge in [-0.2, -0.15) is 0 Å². The SMILES string of the molecule is Cc1c(O)cc2c(c1O)C(=O)C[C@H](c1ccccc1)O2. The third-order valence-corrected chi connectivity index (χ3v) is 3.58. The molecule has 2 aromatic carbocycles. The van der Waals surface area contributed by atoms with Crippen molar-refractivity contribution < 1.29 is 19.7 Å². The largest absolute Gasteiger partial charge is 0.507 e. The van der Waals surface area contributed by atoms with Gasteiger partial charge in [0.2, 0.25) is 0 Å². The predicted molar refractivity (Wildman–Crippen MR) is 73.3 cm³/mol. The number of fused-ring (bicyclic) bond motifs is 1. The number of aromatic hydroxyl groups is 2. The molecular weight excluding hydrogens is 256 g/mol. The molecule has 1 aliphatic rings. The standard InChI is InChI=1S/C16H14O4/c1-9-11(17)7-14-15(16(9)19)12(18)8-13(20-14)10-5-3-2-4-6-10/h2-7,13,17,19H,8H2,1H3/t13-/m1/s1. The molecule has 0 aromatic heterocycles. The number of phenolic OH excluding ortho intramolecular Hbond substituents is 2. The van der Waals surface area contributed by atoms with Crippen molar-refractivity contribution in [1.29, 1.82) is 0 Å². The molecule has 102 valence electrons. The molecule has 1 heterocycles. The van der Waals surface area contributed by atoms with Crippen LogP contribution in [0.1, 0.15) is 34.0 Å². The summed E-state index contributed by atoms with van der Waals surface area (Å²) in [5, 5.41) is 19.7. The summed E-state index contributed by atoms with van der Waals surface area (Å²) >= 11 is 0. The van der Waals surface area contributed by atoms with Crippen LogP contribution in [-0.4, -0.2) is 16.0 Å². The lowest BCUT2D eigenvalue weighted by Crippen LogP contribution is -2.20. The number of hydrogen-bond donors (Lipinski definition) is 2. The number of Topliss-reactive ketones (excluding diaryl/α,β-unsaturated/α-hetero) is 1. The summed E-state index contributed by atoms with van der Waals surface area (Å²) in [6.07, 6.45) is -0.216. The molecule has 0 saturated carbocycles. The fourth-order valence-corrected chi connectivity index (χ4v) is 2.41. The lowest BCUT2D eigenvalue weighted by molar-refractivity contribution is 0.0844. The Morgan fingerprint density at radius 2 is 1.90 bits per heavy atom. The zero-order valence-corrected chi connectivity index (χ0v) is 11.0. The minimum atomic E-state index is -0.391. The van der Waals surface area contributed by atoms with E-state index in [-0.39, 0.29) is 35.0 Å². The minimum absolute atomic E-state index is 0.0808. The van der Waals surface area contributed by atoms with Gasteiger partial charge in [-0.25, -0.2) is 0 Å². The summed E-state index contributed by atoms with van der Waals surface area (Å²) in [6.45, 7) is 1.56. The Morgan fingerprint density at radius 3 is 2.60 bits per heavy atom. The van der Waals surface area contributed by atoms with Gasteiger partial charge < -0.3 is 14.9 Å². The van der Waals surface area contributed by atoms with Gasteiger partial charge in [-0.3, -0.25) is 4.79 Å². The van der Waals surface area contributed by atoms with E-state index in [1.165, 1.54) is 6.07 Å². The number of carbonyl (C=O) groups is 1. The van der Waals surface area contributed by atoms with Gasteiger partial charge in [0.25, 0.3) is 0 Å². The second-order valence-corrected chi connectivity index (χ2v) is 4.89. The quantitative estimate of drug-likeness (QED) is 0.835. The van der Waals surface area contributed by atoms with Crippen molar-refractivity contribution in [1.82, 2.24) is 0 Å². The van der Waals surface area contributed by atoms with E-state index in [0.29, 0.717) is 5.56 Å². The topological polar surface area (TPSA) is 66.8 Å². The normalized spacial score (nSPS) is 17.4. The van der Waals surface area contributed by atoms with Gasteiger partial charge >= 0.3 is 0 Å². The molecule has 3 rings (SSSR count). The average Bonchev–Trinajstić information content (AvgIpc) is 2.45. The van der Waals surface area contributed by atoms with E-state index in [1.807, 2.05) is 30.3 Å². The van der Waals surface area contributed by atoms with Gasteiger partial charge in [-0.15, -0.1) is 0 Å². The lowest BCUT2D eigenvalue weighted by Gasteiger charge is -2.26. The smallest absolute Gasteiger partial charge is 0.174 e. The molecule has 0 aliphatic carbocycles. The molecule has 0 saturated heterocycles. The molecule has 1 atom stereocenters. The monoisotopic (exact) mass is 270 g/mol. The maximum atomic E-state index is 12.2. The van der Waals surface area contributed by atoms with Crippen LogP contribution in [-0.2, 0) is 0 Å². The van der Waals surface area contributed by atoms with Crippen LogP contribution in [0.3, 0.4) is 0 Å². The van der Waals surface area contributed by atoms with Gasteiger partial charge in [0.1, 0.15) is 28.9 Å². The Bertz CT molecular complexity index is 677. The first-order valence-corrected chi connectivity index (χ1v) is 6.38. The first kappa shape index (κ1) is 12.5. The van der Waals surface area contributed by atoms with Crippen molar-refractivity contribution >= 4 is 5.78 Å². The van der Waals surface area contributed by atoms with Crippen molar-refractivity contribution in [2.45, 2.75) is 19.4 Å². The summed E-state index contributed by atoms with van der Waals surface area (Å²) in [5.41, 5.74) is 1.34. The highest BCUT2D eigenvalue weighted by Gasteiger charge is 2.31. The zero-order chi connectivity index (χ0) is 14.3. The fourth-order valence-electron chi connectivity index (χ4n) is 2.41. The van der Waals surface area contributed by atoms with E-state index in [0.717, 1.165) is 5.56 Å². The molecule has 0 amide bonds. The van der Waals surface area contributed by atoms with Crippen molar-refractivity contribution in [2.75, 3.05) is 0 Å². The van der Waals surface area contributed by atoms with E-state index in [2.05, 4.69) is 0 Å². The second kappa shape index (κ2) is 4.56. The molecule has 20 heavy (non-hydrogen) atoms. The van der Waals surface area contributed by atoms with Gasteiger partial charge in [0.05, 0.1) is 6.42 Å². The third-order valence-electron chi connectivity index (χ3n) is 3.58. The van der Waals surface area contributed by atoms with Crippen LogP contribution in [0, 0.1) is 6.92 Å². The molecule has 2 N–H and O–H groups in total. The number of ether oxygens (including phenoxy) is 1. The lowest BCUT2D eigenvalue weighted by atomic mass is 9.94. The minimum Gasteiger partial charge on any atom is -0.507 e. The zero-order valence-electron chi connectivity index (χ0n) is 11.0. The number of benzene rings is 2. The van der Waals surface area contributed by atoms with Gasteiger partial charge in [0.15, 0.2) is 5.78 Å². The highest BCUT2D eigenvalue weighted by molar-refractivity contribution is 6.03. The molecule has 0 radical (unpaired) electrons. The van der Waals surface area contributed by atoms with E-state index in [4.69, 9.17) is 4.74 Å². The summed E-state index contributed by atoms with van der Waals surface area (Å²) in [5.74, 6) is -0.226. The molecule has 1 aliphatic heterocycles. The van der Waals surface area contributed by atoms with Crippen molar-refractivity contribution in [3.8, 4) is 17.2 Å². The maximum Gasteiger partial charge on any atom is 0.174 e. The Balaban J connectivity index is 2.06. The maximum absolute atomic E-state index is 12.2. The Hall–Kier alpha value is -2.49. The van der Waals surface area contributed by atoms with Gasteiger partial charge in [-0.1, -0.05) is 30.3 Å². The number of phenols is 2. The molecule has 4 heteroatoms. The summed E-state index contributed by atoms with van der Waals surface area (Å²) in [6, 6.07) is 10.8. The van der Waals surface area contributed by atoms with Crippen LogP contribution in [0.15, 0.2) is 36.4 Å². The van der Waals surface area contributed by atoms with Crippen molar-refractivity contribution in [3.63, 3.8) is 0 Å². The number of carbonyl (C=O) groups excluding carboxylic acids is 1. The van der Waals surface area contributed by atoms with Gasteiger partial charge in [0, 0.05) is 11.6 Å². The highest BCUT2D eigenvalue weighted by Crippen LogP contribution is 2.43. The van der Waals surface area contributed by atoms with Crippen LogP contribution in [0.25, 0.3) is 0 Å². The highest BCUT2D eigenvalue weighted by atomic mass is 16.5. The first-order chi connectivity index (χ1) is 9.58. The second-order valence-electron chi connectivity index (χ2n) is 4.89. The number of rotatable bonds is 1. The molecule has 2 aromatic rings. The van der Waals surface area contributed by atoms with E-state index in [1.54, 1.807) is 6.92 Å². The fraction of sp³-hybridized carbons (Fsp3) is 0.188. The third kappa shape index (κ3) is 1.90. The first-order valence-electron chi connectivity index (χ1n) is 6.38. The number of ketones is 1. The predicted octanol–water partition coefficient (Wildman–Crippen LogP) is 3.11. The Kier molecular flexibility index (Phi) is 2.86. The summed E-state index contributed by atoms with van der Waals surface area (Å²) in [4.78, 5) is 12.2. The summed E-state index contributed by atoms with van der Waals surface area (Å²) < 4.78 is 5.76. The molecule has 4 nitrogen and oxygen atoms in total. The summed E-state index contributed by atoms with van der Waals surface area (Å²) in [7, 11) is 0. The van der Waals surface area contributed by atoms with Crippen LogP contribution in [0.2, 0.25) is 0 Å². The molecule has 0 spiro atoms. The average molecular weight is 270 g/mol. The molecule has 0 bridgehead atoms. The molecule has 0 fully saturated rings. The van der Waals surface area contributed by atoms with E-state index in [9.17, 15) is 15.0 Å². The van der Waals surface area contributed by atoms with Crippen molar-refractivity contribution in [2.24, 2.45) is 0 Å². The number of hydrogen-bond acceptors (Lipinski definition) is 4. The van der Waals surface area contributed by atoms with Crippen LogP contribution < -0.4 is 4.74 Å². The molecular formula is C16H14O4.